The Bertz CT molecular complexity index is 324. The van der Waals surface area contributed by atoms with Crippen LogP contribution >= 0.6 is 0 Å². The first-order valence-corrected chi connectivity index (χ1v) is 4.57. The van der Waals surface area contributed by atoms with Crippen LogP contribution in [0.2, 0.25) is 0 Å². The van der Waals surface area contributed by atoms with E-state index < -0.39 is 18.7 Å². The number of nitrogens with zero attached hydrogens (tertiary/aromatic N) is 1. The van der Waals surface area contributed by atoms with E-state index in [9.17, 15) is 14.0 Å². The Morgan fingerprint density at radius 3 is 2.62 bits per heavy atom. The summed E-state index contributed by atoms with van der Waals surface area (Å²) in [5, 5.41) is 8.51. The van der Waals surface area contributed by atoms with Crippen LogP contribution in [0.1, 0.15) is 12.8 Å². The maximum absolute atomic E-state index is 11.9. The van der Waals surface area contributed by atoms with Gasteiger partial charge in [-0.05, 0) is 6.42 Å². The molecule has 0 saturated carbocycles. The normalized spacial score (nSPS) is 13.0. The van der Waals surface area contributed by atoms with E-state index in [1.807, 2.05) is 0 Å². The molecule has 0 spiro atoms. The summed E-state index contributed by atoms with van der Waals surface area (Å²) in [7, 11) is 0. The van der Waals surface area contributed by atoms with Crippen LogP contribution < -0.4 is 11.5 Å². The second-order valence-corrected chi connectivity index (χ2v) is 3.11. The lowest BCUT2D eigenvalue weighted by molar-refractivity contribution is -0.138. The number of carbonyl (C=O) groups is 1. The van der Waals surface area contributed by atoms with Gasteiger partial charge in [-0.3, -0.25) is 9.79 Å². The van der Waals surface area contributed by atoms with Gasteiger partial charge in [0.05, 0.1) is 0 Å². The highest BCUT2D eigenvalue weighted by molar-refractivity contribution is 5.81. The largest absolute Gasteiger partial charge is 0.480 e. The molecule has 0 aromatic heterocycles. The average Bonchev–Trinajstić information content (AvgIpc) is 2.26. The molecule has 5 N–H and O–H groups in total. The van der Waals surface area contributed by atoms with Gasteiger partial charge in [-0.15, -0.1) is 0 Å². The molecule has 90 valence electrons. The van der Waals surface area contributed by atoms with Crippen molar-refractivity contribution < 1.29 is 19.1 Å². The van der Waals surface area contributed by atoms with Crippen molar-refractivity contribution in [1.29, 1.82) is 0 Å². The van der Waals surface area contributed by atoms with E-state index in [2.05, 4.69) is 4.99 Å². The zero-order valence-electron chi connectivity index (χ0n) is 8.65. The summed E-state index contributed by atoms with van der Waals surface area (Å²) in [5.74, 6) is 0.245. The second-order valence-electron chi connectivity index (χ2n) is 3.11. The zero-order chi connectivity index (χ0) is 12.6. The summed E-state index contributed by atoms with van der Waals surface area (Å²) in [6.07, 6.45) is 0.0784. The highest BCUT2D eigenvalue weighted by atomic mass is 19.1. The van der Waals surface area contributed by atoms with E-state index in [1.54, 1.807) is 5.94 Å². The number of halogens is 1. The summed E-state index contributed by atoms with van der Waals surface area (Å²) in [4.78, 5) is 24.5. The van der Waals surface area contributed by atoms with Gasteiger partial charge in [0.1, 0.15) is 24.5 Å². The summed E-state index contributed by atoms with van der Waals surface area (Å²) >= 11 is 0. The predicted molar refractivity (Wildman–Crippen MR) is 56.5 cm³/mol. The third-order valence-electron chi connectivity index (χ3n) is 1.79. The Labute approximate surface area is 91.8 Å². The van der Waals surface area contributed by atoms with Crippen LogP contribution in [0.5, 0.6) is 0 Å². The number of alkyl halides is 1. The first kappa shape index (κ1) is 14.3. The van der Waals surface area contributed by atoms with Crippen molar-refractivity contribution in [2.45, 2.75) is 18.9 Å². The minimum absolute atomic E-state index is 0.0934. The fraction of sp³-hybridized carbons (Fsp3) is 0.556. The van der Waals surface area contributed by atoms with Crippen LogP contribution in [0.15, 0.2) is 10.6 Å². The molecule has 0 aliphatic carbocycles. The van der Waals surface area contributed by atoms with Crippen LogP contribution in [-0.2, 0) is 9.59 Å². The molecule has 0 saturated heterocycles. The molecule has 0 rings (SSSR count). The van der Waals surface area contributed by atoms with E-state index in [0.717, 1.165) is 0 Å². The Hall–Kier alpha value is -1.72. The molecule has 0 amide bonds. The number of hydrogen-bond donors (Lipinski definition) is 3. The van der Waals surface area contributed by atoms with Gasteiger partial charge in [0.2, 0.25) is 0 Å². The number of hydrogen-bond acceptors (Lipinski definition) is 4. The van der Waals surface area contributed by atoms with E-state index in [4.69, 9.17) is 16.6 Å². The average molecular weight is 231 g/mol. The van der Waals surface area contributed by atoms with Crippen molar-refractivity contribution in [3.05, 3.63) is 5.57 Å². The van der Waals surface area contributed by atoms with E-state index in [1.165, 1.54) is 0 Å². The molecular weight excluding hydrogens is 217 g/mol. The molecule has 0 aromatic rings. The minimum atomic E-state index is -1.19. The Balaban J connectivity index is 4.14. The second kappa shape index (κ2) is 7.56. The first-order valence-electron chi connectivity index (χ1n) is 4.57. The topological polar surface area (TPSA) is 119 Å². The standard InChI is InChI=1S/C9H14FN3O3/c10-4-8(12)13-2-1-6(5-14)3-7(11)9(15)16/h7H,1-4,11H2,(H2,12,13)(H,15,16). The zero-order valence-corrected chi connectivity index (χ0v) is 8.65. The monoisotopic (exact) mass is 231 g/mol. The molecule has 0 aliphatic rings. The van der Waals surface area contributed by atoms with Crippen molar-refractivity contribution >= 4 is 17.7 Å². The van der Waals surface area contributed by atoms with Crippen LogP contribution in [0, 0.1) is 0 Å². The van der Waals surface area contributed by atoms with Gasteiger partial charge in [0, 0.05) is 18.5 Å². The summed E-state index contributed by atoms with van der Waals surface area (Å²) in [6.45, 7) is -0.735. The molecule has 16 heavy (non-hydrogen) atoms. The molecule has 1 unspecified atom stereocenters. The predicted octanol–water partition coefficient (Wildman–Crippen LogP) is -0.737. The Morgan fingerprint density at radius 1 is 1.56 bits per heavy atom. The molecule has 0 aromatic carbocycles. The van der Waals surface area contributed by atoms with Gasteiger partial charge in [0.15, 0.2) is 0 Å². The lowest BCUT2D eigenvalue weighted by Gasteiger charge is -2.06. The van der Waals surface area contributed by atoms with Crippen molar-refractivity contribution in [1.82, 2.24) is 0 Å². The van der Waals surface area contributed by atoms with Crippen molar-refractivity contribution in [2.75, 3.05) is 13.2 Å². The molecule has 0 radical (unpaired) electrons. The molecule has 0 bridgehead atoms. The lowest BCUT2D eigenvalue weighted by atomic mass is 10.1. The molecule has 6 nitrogen and oxygen atoms in total. The Morgan fingerprint density at radius 2 is 2.19 bits per heavy atom. The molecule has 7 heteroatoms. The number of aliphatic imine (C=N–C) groups is 1. The summed E-state index contributed by atoms with van der Waals surface area (Å²) < 4.78 is 11.9. The SMILES string of the molecule is NC(CF)=NCCC(=C=O)CC(N)C(=O)O. The number of carboxylic acid groups (broad SMARTS) is 1. The van der Waals surface area contributed by atoms with Crippen LogP contribution in [0.25, 0.3) is 0 Å². The van der Waals surface area contributed by atoms with Crippen molar-refractivity contribution in [3.63, 3.8) is 0 Å². The van der Waals surface area contributed by atoms with Gasteiger partial charge in [0.25, 0.3) is 0 Å². The fourth-order valence-corrected chi connectivity index (χ4v) is 0.924. The van der Waals surface area contributed by atoms with Gasteiger partial charge < -0.3 is 16.6 Å². The van der Waals surface area contributed by atoms with E-state index in [0.29, 0.717) is 0 Å². The highest BCUT2D eigenvalue weighted by Gasteiger charge is 2.14. The van der Waals surface area contributed by atoms with Crippen molar-refractivity contribution in [2.24, 2.45) is 16.5 Å². The van der Waals surface area contributed by atoms with E-state index in [-0.39, 0.29) is 30.8 Å². The molecule has 1 atom stereocenters. The van der Waals surface area contributed by atoms with Gasteiger partial charge in [-0.1, -0.05) is 0 Å². The van der Waals surface area contributed by atoms with Gasteiger partial charge in [-0.25, -0.2) is 9.18 Å². The number of nitrogens with two attached hydrogens (primary N) is 2. The molecule has 0 aliphatic heterocycles. The van der Waals surface area contributed by atoms with Crippen LogP contribution in [0.3, 0.4) is 0 Å². The fourth-order valence-electron chi connectivity index (χ4n) is 0.924. The number of rotatable bonds is 7. The van der Waals surface area contributed by atoms with Gasteiger partial charge >= 0.3 is 5.97 Å². The molecular formula is C9H14FN3O3. The van der Waals surface area contributed by atoms with Crippen molar-refractivity contribution in [3.8, 4) is 0 Å². The molecule has 0 fully saturated rings. The quantitative estimate of drug-likeness (QED) is 0.303. The smallest absolute Gasteiger partial charge is 0.320 e. The number of aliphatic carboxylic acids is 1. The highest BCUT2D eigenvalue weighted by Crippen LogP contribution is 2.05. The van der Waals surface area contributed by atoms with Crippen LogP contribution in [0.4, 0.5) is 4.39 Å². The minimum Gasteiger partial charge on any atom is -0.480 e. The first-order chi connectivity index (χ1) is 7.51. The third-order valence-corrected chi connectivity index (χ3v) is 1.79. The number of carbonyl (C=O) groups excluding carboxylic acids is 1. The number of amidine groups is 1. The van der Waals surface area contributed by atoms with E-state index >= 15 is 0 Å². The maximum Gasteiger partial charge on any atom is 0.320 e. The maximum atomic E-state index is 11.9. The lowest BCUT2D eigenvalue weighted by Crippen LogP contribution is -2.30. The molecule has 0 heterocycles. The Kier molecular flexibility index (Phi) is 6.74. The van der Waals surface area contributed by atoms with Crippen LogP contribution in [-0.4, -0.2) is 42.1 Å². The number of carboxylic acids is 1. The third kappa shape index (κ3) is 5.90. The summed E-state index contributed by atoms with van der Waals surface area (Å²) in [5.41, 5.74) is 10.5. The summed E-state index contributed by atoms with van der Waals surface area (Å²) in [6, 6.07) is -1.14. The van der Waals surface area contributed by atoms with Gasteiger partial charge in [-0.2, -0.15) is 0 Å².